The molecule has 1 fully saturated rings. The normalized spacial score (nSPS) is 17.7. The van der Waals surface area contributed by atoms with Crippen LogP contribution in [0.15, 0.2) is 18.2 Å². The lowest BCUT2D eigenvalue weighted by atomic mass is 10.1. The van der Waals surface area contributed by atoms with Gasteiger partial charge in [0.05, 0.1) is 0 Å². The van der Waals surface area contributed by atoms with Gasteiger partial charge < -0.3 is 10.1 Å². The highest BCUT2D eigenvalue weighted by molar-refractivity contribution is 6.30. The fourth-order valence-electron chi connectivity index (χ4n) is 1.85. The fraction of sp³-hybridized carbons (Fsp3) is 0.500. The summed E-state index contributed by atoms with van der Waals surface area (Å²) in [6.45, 7) is 3.81. The summed E-state index contributed by atoms with van der Waals surface area (Å²) < 4.78 is 5.33. The average molecular weight is 226 g/mol. The van der Waals surface area contributed by atoms with Gasteiger partial charge in [0.15, 0.2) is 0 Å². The van der Waals surface area contributed by atoms with Crippen molar-refractivity contribution < 1.29 is 4.74 Å². The SMILES string of the molecule is Cc1cc(Cl)ccc1NC1CCOCC1. The zero-order valence-corrected chi connectivity index (χ0v) is 9.68. The first-order valence-electron chi connectivity index (χ1n) is 5.36. The van der Waals surface area contributed by atoms with Gasteiger partial charge in [-0.25, -0.2) is 0 Å². The van der Waals surface area contributed by atoms with Gasteiger partial charge in [0.2, 0.25) is 0 Å². The molecule has 0 radical (unpaired) electrons. The van der Waals surface area contributed by atoms with Gasteiger partial charge in [-0.3, -0.25) is 0 Å². The number of ether oxygens (including phenoxy) is 1. The zero-order valence-electron chi connectivity index (χ0n) is 8.92. The topological polar surface area (TPSA) is 21.3 Å². The predicted octanol–water partition coefficient (Wildman–Crippen LogP) is 3.24. The molecule has 2 rings (SSSR count). The molecule has 1 aliphatic heterocycles. The number of rotatable bonds is 2. The van der Waals surface area contributed by atoms with E-state index in [1.165, 1.54) is 11.3 Å². The van der Waals surface area contributed by atoms with Crippen LogP contribution in [0.4, 0.5) is 5.69 Å². The van der Waals surface area contributed by atoms with Crippen LogP contribution in [0, 0.1) is 6.92 Å². The molecule has 0 bridgehead atoms. The Morgan fingerprint density at radius 2 is 2.07 bits per heavy atom. The second-order valence-corrected chi connectivity index (χ2v) is 4.43. The van der Waals surface area contributed by atoms with Crippen LogP contribution in [-0.2, 0) is 4.74 Å². The summed E-state index contributed by atoms with van der Waals surface area (Å²) in [6.07, 6.45) is 2.17. The Labute approximate surface area is 95.6 Å². The van der Waals surface area contributed by atoms with Gasteiger partial charge in [-0.05, 0) is 43.5 Å². The molecule has 0 saturated carbocycles. The number of halogens is 1. The van der Waals surface area contributed by atoms with E-state index in [1.54, 1.807) is 0 Å². The van der Waals surface area contributed by atoms with E-state index < -0.39 is 0 Å². The molecule has 1 N–H and O–H groups in total. The predicted molar refractivity (Wildman–Crippen MR) is 63.7 cm³/mol. The third-order valence-corrected chi connectivity index (χ3v) is 3.00. The van der Waals surface area contributed by atoms with E-state index in [-0.39, 0.29) is 0 Å². The van der Waals surface area contributed by atoms with Gasteiger partial charge in [0, 0.05) is 30.0 Å². The minimum Gasteiger partial charge on any atom is -0.382 e. The Hall–Kier alpha value is -0.730. The van der Waals surface area contributed by atoms with Crippen molar-refractivity contribution in [2.45, 2.75) is 25.8 Å². The third kappa shape index (κ3) is 2.86. The number of anilines is 1. The van der Waals surface area contributed by atoms with Gasteiger partial charge in [0.25, 0.3) is 0 Å². The molecule has 1 heterocycles. The quantitative estimate of drug-likeness (QED) is 0.835. The lowest BCUT2D eigenvalue weighted by Crippen LogP contribution is -2.28. The second-order valence-electron chi connectivity index (χ2n) is 3.99. The van der Waals surface area contributed by atoms with Crippen molar-refractivity contribution in [2.24, 2.45) is 0 Å². The molecule has 0 spiro atoms. The van der Waals surface area contributed by atoms with Crippen molar-refractivity contribution in [1.82, 2.24) is 0 Å². The van der Waals surface area contributed by atoms with E-state index in [1.807, 2.05) is 18.2 Å². The molecule has 1 aromatic rings. The molecular weight excluding hydrogens is 210 g/mol. The monoisotopic (exact) mass is 225 g/mol. The zero-order chi connectivity index (χ0) is 10.7. The Bertz CT molecular complexity index is 334. The van der Waals surface area contributed by atoms with Gasteiger partial charge >= 0.3 is 0 Å². The van der Waals surface area contributed by atoms with Crippen LogP contribution in [0.25, 0.3) is 0 Å². The molecule has 0 aliphatic carbocycles. The van der Waals surface area contributed by atoms with E-state index in [0.29, 0.717) is 6.04 Å². The summed E-state index contributed by atoms with van der Waals surface area (Å²) in [5, 5.41) is 4.33. The molecule has 82 valence electrons. The van der Waals surface area contributed by atoms with Crippen LogP contribution in [-0.4, -0.2) is 19.3 Å². The largest absolute Gasteiger partial charge is 0.382 e. The van der Waals surface area contributed by atoms with E-state index in [4.69, 9.17) is 16.3 Å². The number of hydrogen-bond acceptors (Lipinski definition) is 2. The van der Waals surface area contributed by atoms with Crippen molar-refractivity contribution in [2.75, 3.05) is 18.5 Å². The summed E-state index contributed by atoms with van der Waals surface area (Å²) in [7, 11) is 0. The summed E-state index contributed by atoms with van der Waals surface area (Å²) >= 11 is 5.91. The summed E-state index contributed by atoms with van der Waals surface area (Å²) in [5.74, 6) is 0. The van der Waals surface area contributed by atoms with Crippen molar-refractivity contribution in [1.29, 1.82) is 0 Å². The summed E-state index contributed by atoms with van der Waals surface area (Å²) in [6, 6.07) is 6.51. The molecule has 0 aromatic heterocycles. The van der Waals surface area contributed by atoms with Gasteiger partial charge in [-0.2, -0.15) is 0 Å². The smallest absolute Gasteiger partial charge is 0.0485 e. The van der Waals surface area contributed by atoms with Crippen LogP contribution in [0.3, 0.4) is 0 Å². The number of aryl methyl sites for hydroxylation is 1. The van der Waals surface area contributed by atoms with E-state index >= 15 is 0 Å². The molecule has 2 nitrogen and oxygen atoms in total. The number of hydrogen-bond donors (Lipinski definition) is 1. The van der Waals surface area contributed by atoms with E-state index in [0.717, 1.165) is 31.1 Å². The van der Waals surface area contributed by atoms with Crippen LogP contribution < -0.4 is 5.32 Å². The molecule has 1 saturated heterocycles. The lowest BCUT2D eigenvalue weighted by molar-refractivity contribution is 0.0904. The average Bonchev–Trinajstić information content (AvgIpc) is 2.24. The number of nitrogens with one attached hydrogen (secondary N) is 1. The van der Waals surface area contributed by atoms with E-state index in [2.05, 4.69) is 12.2 Å². The Kier molecular flexibility index (Phi) is 3.49. The molecule has 0 atom stereocenters. The highest BCUT2D eigenvalue weighted by Gasteiger charge is 2.13. The van der Waals surface area contributed by atoms with Gasteiger partial charge in [0.1, 0.15) is 0 Å². The minimum atomic E-state index is 0.540. The molecule has 3 heteroatoms. The first-order valence-corrected chi connectivity index (χ1v) is 5.74. The van der Waals surface area contributed by atoms with Crippen LogP contribution >= 0.6 is 11.6 Å². The highest BCUT2D eigenvalue weighted by atomic mass is 35.5. The Balaban J connectivity index is 2.03. The number of benzene rings is 1. The third-order valence-electron chi connectivity index (χ3n) is 2.77. The first kappa shape index (κ1) is 10.8. The molecular formula is C12H16ClNO. The standard InChI is InChI=1S/C12H16ClNO/c1-9-8-10(13)2-3-12(9)14-11-4-6-15-7-5-11/h2-3,8,11,14H,4-7H2,1H3. The van der Waals surface area contributed by atoms with Gasteiger partial charge in [-0.15, -0.1) is 0 Å². The Morgan fingerprint density at radius 3 is 2.73 bits per heavy atom. The maximum Gasteiger partial charge on any atom is 0.0485 e. The lowest BCUT2D eigenvalue weighted by Gasteiger charge is -2.25. The van der Waals surface area contributed by atoms with E-state index in [9.17, 15) is 0 Å². The molecule has 1 aromatic carbocycles. The summed E-state index contributed by atoms with van der Waals surface area (Å²) in [4.78, 5) is 0. The fourth-order valence-corrected chi connectivity index (χ4v) is 2.08. The van der Waals surface area contributed by atoms with Crippen LogP contribution in [0.1, 0.15) is 18.4 Å². The molecule has 0 amide bonds. The van der Waals surface area contributed by atoms with Crippen LogP contribution in [0.5, 0.6) is 0 Å². The van der Waals surface area contributed by atoms with Crippen molar-refractivity contribution in [3.8, 4) is 0 Å². The molecule has 1 aliphatic rings. The molecule has 0 unspecified atom stereocenters. The second kappa shape index (κ2) is 4.86. The van der Waals surface area contributed by atoms with Crippen molar-refractivity contribution in [3.63, 3.8) is 0 Å². The highest BCUT2D eigenvalue weighted by Crippen LogP contribution is 2.22. The van der Waals surface area contributed by atoms with Crippen molar-refractivity contribution >= 4 is 17.3 Å². The first-order chi connectivity index (χ1) is 7.25. The maximum absolute atomic E-state index is 5.91. The molecule has 15 heavy (non-hydrogen) atoms. The maximum atomic E-state index is 5.91. The van der Waals surface area contributed by atoms with Gasteiger partial charge in [-0.1, -0.05) is 11.6 Å². The minimum absolute atomic E-state index is 0.540. The van der Waals surface area contributed by atoms with Crippen molar-refractivity contribution in [3.05, 3.63) is 28.8 Å². The summed E-state index contributed by atoms with van der Waals surface area (Å²) in [5.41, 5.74) is 2.39. The van der Waals surface area contributed by atoms with Crippen LogP contribution in [0.2, 0.25) is 5.02 Å². The Morgan fingerprint density at radius 1 is 1.33 bits per heavy atom.